The molecule has 1 amide bonds. The molecule has 0 saturated carbocycles. The third-order valence-electron chi connectivity index (χ3n) is 2.12. The van der Waals surface area contributed by atoms with E-state index < -0.39 is 42.2 Å². The van der Waals surface area contributed by atoms with E-state index in [1.165, 1.54) is 0 Å². The normalized spacial score (nSPS) is 13.9. The van der Waals surface area contributed by atoms with Gasteiger partial charge in [-0.15, -0.1) is 0 Å². The molecule has 2 N–H and O–H groups in total. The van der Waals surface area contributed by atoms with Crippen LogP contribution in [0.15, 0.2) is 0 Å². The first kappa shape index (κ1) is 18.2. The third kappa shape index (κ3) is 6.93. The van der Waals surface area contributed by atoms with E-state index >= 15 is 0 Å². The number of esters is 2. The van der Waals surface area contributed by atoms with E-state index in [9.17, 15) is 19.5 Å². The van der Waals surface area contributed by atoms with E-state index in [-0.39, 0.29) is 0 Å². The summed E-state index contributed by atoms with van der Waals surface area (Å²) in [6, 6.07) is -1.42. The fraction of sp³-hybridized carbons (Fsp3) is 0.750. The predicted molar refractivity (Wildman–Crippen MR) is 67.8 cm³/mol. The van der Waals surface area contributed by atoms with Gasteiger partial charge in [0.25, 0.3) is 0 Å². The molecule has 20 heavy (non-hydrogen) atoms. The van der Waals surface area contributed by atoms with E-state index in [2.05, 4.69) is 14.8 Å². The van der Waals surface area contributed by atoms with Crippen LogP contribution >= 0.6 is 0 Å². The Balaban J connectivity index is 4.77. The quantitative estimate of drug-likeness (QED) is 0.540. The highest BCUT2D eigenvalue weighted by Gasteiger charge is 2.32. The van der Waals surface area contributed by atoms with Gasteiger partial charge >= 0.3 is 18.0 Å². The second-order valence-corrected chi connectivity index (χ2v) is 4.99. The van der Waals surface area contributed by atoms with Gasteiger partial charge in [-0.05, 0) is 20.8 Å². The number of methoxy groups -OCH3 is 2. The maximum absolute atomic E-state index is 11.6. The van der Waals surface area contributed by atoms with Gasteiger partial charge in [-0.2, -0.15) is 0 Å². The Morgan fingerprint density at radius 2 is 1.70 bits per heavy atom. The molecule has 0 spiro atoms. The Bertz CT molecular complexity index is 361. The monoisotopic (exact) mass is 291 g/mol. The SMILES string of the molecule is COC(=O)CC(O)C(NC(=O)OC(C)(C)C)C(=O)OC. The van der Waals surface area contributed by atoms with Gasteiger partial charge in [0.05, 0.1) is 26.7 Å². The first-order valence-electron chi connectivity index (χ1n) is 5.93. The summed E-state index contributed by atoms with van der Waals surface area (Å²) in [5.41, 5.74) is -0.766. The van der Waals surface area contributed by atoms with E-state index in [4.69, 9.17) is 4.74 Å². The lowest BCUT2D eigenvalue weighted by Crippen LogP contribution is -2.51. The number of aliphatic hydroxyl groups is 1. The predicted octanol–water partition coefficient (Wildman–Crippen LogP) is -0.0233. The van der Waals surface area contributed by atoms with Crippen molar-refractivity contribution in [3.63, 3.8) is 0 Å². The molecule has 0 aliphatic heterocycles. The maximum Gasteiger partial charge on any atom is 0.408 e. The van der Waals surface area contributed by atoms with Crippen molar-refractivity contribution in [2.24, 2.45) is 0 Å². The Morgan fingerprint density at radius 3 is 2.10 bits per heavy atom. The van der Waals surface area contributed by atoms with Crippen LogP contribution in [-0.2, 0) is 23.8 Å². The van der Waals surface area contributed by atoms with Gasteiger partial charge in [0.1, 0.15) is 5.60 Å². The summed E-state index contributed by atoms with van der Waals surface area (Å²) in [5, 5.41) is 11.9. The fourth-order valence-corrected chi connectivity index (χ4v) is 1.25. The molecule has 0 radical (unpaired) electrons. The molecular formula is C12H21NO7. The highest BCUT2D eigenvalue weighted by atomic mass is 16.6. The molecule has 8 nitrogen and oxygen atoms in total. The van der Waals surface area contributed by atoms with Crippen LogP contribution in [0.4, 0.5) is 4.79 Å². The molecule has 0 aromatic rings. The smallest absolute Gasteiger partial charge is 0.408 e. The lowest BCUT2D eigenvalue weighted by molar-refractivity contribution is -0.149. The zero-order chi connectivity index (χ0) is 15.9. The van der Waals surface area contributed by atoms with Crippen LogP contribution in [0.5, 0.6) is 0 Å². The lowest BCUT2D eigenvalue weighted by atomic mass is 10.1. The van der Waals surface area contributed by atoms with Crippen molar-refractivity contribution in [1.82, 2.24) is 5.32 Å². The average molecular weight is 291 g/mol. The minimum absolute atomic E-state index is 0.466. The second kappa shape index (κ2) is 7.68. The summed E-state index contributed by atoms with van der Waals surface area (Å²) in [5.74, 6) is -1.62. The molecular weight excluding hydrogens is 270 g/mol. The summed E-state index contributed by atoms with van der Waals surface area (Å²) in [4.78, 5) is 34.2. The number of carbonyl (C=O) groups excluding carboxylic acids is 3. The molecule has 0 fully saturated rings. The van der Waals surface area contributed by atoms with Crippen LogP contribution in [0, 0.1) is 0 Å². The third-order valence-corrected chi connectivity index (χ3v) is 2.12. The molecule has 0 aliphatic rings. The number of hydrogen-bond donors (Lipinski definition) is 2. The number of aliphatic hydroxyl groups excluding tert-OH is 1. The second-order valence-electron chi connectivity index (χ2n) is 4.99. The van der Waals surface area contributed by atoms with E-state index in [1.54, 1.807) is 20.8 Å². The molecule has 8 heteroatoms. The number of amides is 1. The molecule has 0 aliphatic carbocycles. The van der Waals surface area contributed by atoms with Gasteiger partial charge in [-0.1, -0.05) is 0 Å². The lowest BCUT2D eigenvalue weighted by Gasteiger charge is -2.24. The zero-order valence-electron chi connectivity index (χ0n) is 12.3. The summed E-state index contributed by atoms with van der Waals surface area (Å²) >= 11 is 0. The maximum atomic E-state index is 11.6. The molecule has 0 bridgehead atoms. The van der Waals surface area contributed by atoms with Crippen molar-refractivity contribution in [1.29, 1.82) is 0 Å². The highest BCUT2D eigenvalue weighted by Crippen LogP contribution is 2.09. The van der Waals surface area contributed by atoms with Gasteiger partial charge < -0.3 is 24.6 Å². The van der Waals surface area contributed by atoms with Crippen molar-refractivity contribution in [2.75, 3.05) is 14.2 Å². The number of hydrogen-bond acceptors (Lipinski definition) is 7. The van der Waals surface area contributed by atoms with Gasteiger partial charge in [0.2, 0.25) is 0 Å². The molecule has 0 aromatic heterocycles. The minimum atomic E-state index is -1.48. The number of carbonyl (C=O) groups is 3. The van der Waals surface area contributed by atoms with Crippen molar-refractivity contribution in [2.45, 2.75) is 44.9 Å². The number of alkyl carbamates (subject to hydrolysis) is 1. The Labute approximate surface area is 117 Å². The zero-order valence-corrected chi connectivity index (χ0v) is 12.3. The summed E-state index contributed by atoms with van der Waals surface area (Å²) in [6.07, 6.45) is -2.86. The van der Waals surface area contributed by atoms with Crippen molar-refractivity contribution in [3.05, 3.63) is 0 Å². The van der Waals surface area contributed by atoms with E-state index in [0.29, 0.717) is 0 Å². The highest BCUT2D eigenvalue weighted by molar-refractivity contribution is 5.83. The first-order valence-corrected chi connectivity index (χ1v) is 5.93. The average Bonchev–Trinajstić information content (AvgIpc) is 2.32. The topological polar surface area (TPSA) is 111 Å². The van der Waals surface area contributed by atoms with Gasteiger partial charge in [-0.25, -0.2) is 9.59 Å². The molecule has 0 saturated heterocycles. The Morgan fingerprint density at radius 1 is 1.15 bits per heavy atom. The number of nitrogens with one attached hydrogen (secondary N) is 1. The van der Waals surface area contributed by atoms with Crippen molar-refractivity contribution >= 4 is 18.0 Å². The van der Waals surface area contributed by atoms with Crippen LogP contribution in [0.3, 0.4) is 0 Å². The van der Waals surface area contributed by atoms with E-state index in [0.717, 1.165) is 14.2 Å². The molecule has 0 rings (SSSR count). The van der Waals surface area contributed by atoms with Gasteiger partial charge in [0, 0.05) is 0 Å². The molecule has 0 aromatic carbocycles. The van der Waals surface area contributed by atoms with Crippen LogP contribution < -0.4 is 5.32 Å². The fourth-order valence-electron chi connectivity index (χ4n) is 1.25. The summed E-state index contributed by atoms with van der Waals surface area (Å²) < 4.78 is 13.8. The minimum Gasteiger partial charge on any atom is -0.469 e. The van der Waals surface area contributed by atoms with Crippen molar-refractivity contribution < 1.29 is 33.7 Å². The van der Waals surface area contributed by atoms with Gasteiger partial charge in [0.15, 0.2) is 6.04 Å². The number of rotatable bonds is 5. The standard InChI is InChI=1S/C12H21NO7/c1-12(2,3)20-11(17)13-9(10(16)19-5)7(14)6-8(15)18-4/h7,9,14H,6H2,1-5H3,(H,13,17). The van der Waals surface area contributed by atoms with Crippen LogP contribution in [0.2, 0.25) is 0 Å². The summed E-state index contributed by atoms with van der Waals surface area (Å²) in [7, 11) is 2.24. The first-order chi connectivity index (χ1) is 9.10. The summed E-state index contributed by atoms with van der Waals surface area (Å²) in [6.45, 7) is 4.93. The van der Waals surface area contributed by atoms with Crippen molar-refractivity contribution in [3.8, 4) is 0 Å². The Kier molecular flexibility index (Phi) is 6.98. The van der Waals surface area contributed by atoms with E-state index in [1.807, 2.05) is 0 Å². The molecule has 0 heterocycles. The molecule has 116 valence electrons. The number of ether oxygens (including phenoxy) is 3. The largest absolute Gasteiger partial charge is 0.469 e. The van der Waals surface area contributed by atoms with Crippen LogP contribution in [0.25, 0.3) is 0 Å². The van der Waals surface area contributed by atoms with Crippen LogP contribution in [0.1, 0.15) is 27.2 Å². The van der Waals surface area contributed by atoms with Crippen LogP contribution in [-0.4, -0.2) is 55.1 Å². The Hall–Kier alpha value is -1.83. The van der Waals surface area contributed by atoms with Gasteiger partial charge in [-0.3, -0.25) is 4.79 Å². The molecule has 2 atom stereocenters. The molecule has 2 unspecified atom stereocenters.